The molecule has 4 N–H and O–H groups in total. The number of hydrogen-bond donors (Lipinski definition) is 4. The highest BCUT2D eigenvalue weighted by Gasteiger charge is 2.35. The number of ketones is 1. The van der Waals surface area contributed by atoms with E-state index in [2.05, 4.69) is 161 Å². The monoisotopic (exact) mass is 718 g/mol. The van der Waals surface area contributed by atoms with Gasteiger partial charge in [0.05, 0.1) is 12.3 Å². The number of aliphatic hydroxyl groups is 1. The minimum atomic E-state index is -0.473. The Kier molecular flexibility index (Phi) is 15.3. The van der Waals surface area contributed by atoms with Crippen molar-refractivity contribution in [1.29, 1.82) is 0 Å². The average molecular weight is 719 g/mol. The SMILES string of the molecule is CC1=C(/C=C/C(C)=C/C=C/C(C)=C/C=C/C=C(C)/C=C/C=C(C)/C=C/C2=C(C)CCC(O)C2(C)C)C(C)(C)C(=O)CC1.Oc1nc(O)c2cn[nH]c2n1. The lowest BCUT2D eigenvalue weighted by atomic mass is 9.70. The van der Waals surface area contributed by atoms with Crippen molar-refractivity contribution in [2.45, 2.75) is 101 Å². The van der Waals surface area contributed by atoms with Crippen LogP contribution in [0, 0.1) is 10.8 Å². The van der Waals surface area contributed by atoms with E-state index in [0.717, 1.165) is 30.4 Å². The van der Waals surface area contributed by atoms with Crippen molar-refractivity contribution in [1.82, 2.24) is 20.2 Å². The molecule has 53 heavy (non-hydrogen) atoms. The summed E-state index contributed by atoms with van der Waals surface area (Å²) in [5, 5.41) is 34.8. The standard InChI is InChI=1S/C40H54O2.C5H4N4O2/c1-29(17-13-19-31(3)21-25-35-33(5)23-27-37(41)39(35,7)8)15-11-12-16-30(2)18-14-20-32(4)22-26-36-34(6)24-28-38(42)40(36,9)10;10-4-2-1-6-9-3(2)7-5(11)8-4/h11-22,25-26,37,41H,23-24,27-28H2,1-10H3;1H,(H3,6,7,8,9,10,11)/b12-11+,17-13+,18-14+,25-21+,26-22+,29-15+,30-16+,31-19+,32-20+;. The third-order valence-electron chi connectivity index (χ3n) is 9.91. The van der Waals surface area contributed by atoms with Crippen molar-refractivity contribution in [2.24, 2.45) is 10.8 Å². The molecule has 0 saturated carbocycles. The number of hydrogen-bond acceptors (Lipinski definition) is 7. The number of H-pyrrole nitrogens is 1. The van der Waals surface area contributed by atoms with Crippen molar-refractivity contribution in [3.63, 3.8) is 0 Å². The van der Waals surface area contributed by atoms with Crippen LogP contribution < -0.4 is 0 Å². The zero-order valence-electron chi connectivity index (χ0n) is 33.2. The van der Waals surface area contributed by atoms with Crippen molar-refractivity contribution in [3.8, 4) is 11.9 Å². The van der Waals surface area contributed by atoms with Gasteiger partial charge in [0.25, 0.3) is 0 Å². The van der Waals surface area contributed by atoms with Gasteiger partial charge in [-0.05, 0) is 85.8 Å². The highest BCUT2D eigenvalue weighted by molar-refractivity contribution is 5.89. The Morgan fingerprint density at radius 3 is 1.83 bits per heavy atom. The fraction of sp³-hybridized carbons (Fsp3) is 0.378. The molecule has 1 atom stereocenters. The van der Waals surface area contributed by atoms with Gasteiger partial charge >= 0.3 is 6.01 Å². The largest absolute Gasteiger partial charge is 0.493 e. The van der Waals surface area contributed by atoms with Gasteiger partial charge in [0.2, 0.25) is 5.88 Å². The topological polar surface area (TPSA) is 132 Å². The van der Waals surface area contributed by atoms with E-state index in [4.69, 9.17) is 10.2 Å². The van der Waals surface area contributed by atoms with E-state index < -0.39 is 11.4 Å². The molecule has 2 aromatic rings. The zero-order chi connectivity index (χ0) is 39.3. The Bertz CT molecular complexity index is 1980. The summed E-state index contributed by atoms with van der Waals surface area (Å²) in [6.07, 6.45) is 33.9. The van der Waals surface area contributed by atoms with Crippen LogP contribution in [0.3, 0.4) is 0 Å². The van der Waals surface area contributed by atoms with E-state index in [-0.39, 0.29) is 17.4 Å². The number of aromatic amines is 1. The third-order valence-corrected chi connectivity index (χ3v) is 9.91. The number of Topliss-reactive ketones (excluding diaryl/α,β-unsaturated/α-hetero) is 1. The molecular formula is C45H58N4O4. The summed E-state index contributed by atoms with van der Waals surface area (Å²) >= 11 is 0. The maximum absolute atomic E-state index is 12.4. The summed E-state index contributed by atoms with van der Waals surface area (Å²) in [7, 11) is 0. The molecule has 282 valence electrons. The Balaban J connectivity index is 0.000000577. The molecule has 8 nitrogen and oxygen atoms in total. The molecule has 1 unspecified atom stereocenters. The summed E-state index contributed by atoms with van der Waals surface area (Å²) in [5.41, 5.74) is 9.49. The van der Waals surface area contributed by atoms with Crippen LogP contribution in [-0.2, 0) is 4.79 Å². The lowest BCUT2D eigenvalue weighted by Gasteiger charge is -2.37. The Morgan fingerprint density at radius 2 is 1.25 bits per heavy atom. The molecule has 0 spiro atoms. The molecule has 0 aromatic carbocycles. The lowest BCUT2D eigenvalue weighted by Crippen LogP contribution is -2.34. The number of carbonyl (C=O) groups excluding carboxylic acids is 1. The molecule has 0 radical (unpaired) electrons. The van der Waals surface area contributed by atoms with Crippen LogP contribution in [-0.4, -0.2) is 47.4 Å². The van der Waals surface area contributed by atoms with Gasteiger partial charge in [0, 0.05) is 17.3 Å². The smallest absolute Gasteiger partial charge is 0.319 e. The number of aromatic nitrogens is 4. The fourth-order valence-corrected chi connectivity index (χ4v) is 6.30. The highest BCUT2D eigenvalue weighted by atomic mass is 16.3. The van der Waals surface area contributed by atoms with Crippen molar-refractivity contribution in [3.05, 3.63) is 136 Å². The minimum absolute atomic E-state index is 0.205. The molecular weight excluding hydrogens is 661 g/mol. The quantitative estimate of drug-likeness (QED) is 0.180. The van der Waals surface area contributed by atoms with Gasteiger partial charge in [-0.1, -0.05) is 132 Å². The van der Waals surface area contributed by atoms with E-state index in [0.29, 0.717) is 23.2 Å². The normalized spacial score (nSPS) is 20.7. The van der Waals surface area contributed by atoms with Gasteiger partial charge in [0.15, 0.2) is 5.65 Å². The first-order valence-corrected chi connectivity index (χ1v) is 18.2. The second-order valence-electron chi connectivity index (χ2n) is 15.1. The molecule has 8 heteroatoms. The van der Waals surface area contributed by atoms with E-state index in [1.54, 1.807) is 0 Å². The van der Waals surface area contributed by atoms with Crippen molar-refractivity contribution >= 4 is 16.8 Å². The Labute approximate surface area is 316 Å². The van der Waals surface area contributed by atoms with Gasteiger partial charge in [-0.2, -0.15) is 15.1 Å². The number of carbonyl (C=O) groups is 1. The van der Waals surface area contributed by atoms with Crippen LogP contribution in [0.25, 0.3) is 11.0 Å². The zero-order valence-corrected chi connectivity index (χ0v) is 33.2. The van der Waals surface area contributed by atoms with E-state index in [1.165, 1.54) is 39.6 Å². The van der Waals surface area contributed by atoms with Gasteiger partial charge in [0.1, 0.15) is 11.2 Å². The molecule has 0 aliphatic heterocycles. The predicted octanol–water partition coefficient (Wildman–Crippen LogP) is 10.5. The molecule has 2 aromatic heterocycles. The highest BCUT2D eigenvalue weighted by Crippen LogP contribution is 2.41. The average Bonchev–Trinajstić information content (AvgIpc) is 3.56. The van der Waals surface area contributed by atoms with Crippen LogP contribution >= 0.6 is 0 Å². The molecule has 2 heterocycles. The third kappa shape index (κ3) is 12.2. The second kappa shape index (κ2) is 19.1. The van der Waals surface area contributed by atoms with E-state index in [9.17, 15) is 9.90 Å². The van der Waals surface area contributed by atoms with Gasteiger partial charge in [-0.25, -0.2) is 0 Å². The molecule has 0 amide bonds. The molecule has 2 aliphatic rings. The minimum Gasteiger partial charge on any atom is -0.493 e. The van der Waals surface area contributed by atoms with Gasteiger partial charge in [-0.15, -0.1) is 0 Å². The number of nitrogens with one attached hydrogen (secondary N) is 1. The summed E-state index contributed by atoms with van der Waals surface area (Å²) in [6.45, 7) is 21.0. The molecule has 4 rings (SSSR count). The first-order valence-electron chi connectivity index (χ1n) is 18.2. The number of aliphatic hydroxyl groups excluding tert-OH is 1. The van der Waals surface area contributed by atoms with Crippen LogP contribution in [0.15, 0.2) is 136 Å². The summed E-state index contributed by atoms with van der Waals surface area (Å²) in [6, 6.07) is -0.473. The number of fused-ring (bicyclic) bond motifs is 1. The maximum atomic E-state index is 12.4. The van der Waals surface area contributed by atoms with E-state index >= 15 is 0 Å². The number of allylic oxidation sites excluding steroid dienone is 21. The summed E-state index contributed by atoms with van der Waals surface area (Å²) in [5.74, 6) is 0.0511. The van der Waals surface area contributed by atoms with Crippen LogP contribution in [0.4, 0.5) is 0 Å². The predicted molar refractivity (Wildman–Crippen MR) is 218 cm³/mol. The second-order valence-corrected chi connectivity index (χ2v) is 15.1. The van der Waals surface area contributed by atoms with Crippen LogP contribution in [0.1, 0.15) is 94.9 Å². The molecule has 2 aliphatic carbocycles. The summed E-state index contributed by atoms with van der Waals surface area (Å²) < 4.78 is 0. The first kappa shape index (κ1) is 42.3. The van der Waals surface area contributed by atoms with Crippen molar-refractivity contribution in [2.75, 3.05) is 0 Å². The van der Waals surface area contributed by atoms with Gasteiger partial charge < -0.3 is 15.3 Å². The summed E-state index contributed by atoms with van der Waals surface area (Å²) in [4.78, 5) is 19.2. The fourth-order valence-electron chi connectivity index (χ4n) is 6.30. The number of aromatic hydroxyl groups is 2. The number of rotatable bonds is 10. The first-order chi connectivity index (χ1) is 24.9. The maximum Gasteiger partial charge on any atom is 0.319 e. The van der Waals surface area contributed by atoms with E-state index in [1.807, 2.05) is 13.8 Å². The molecule has 0 fully saturated rings. The molecule has 0 bridgehead atoms. The molecule has 0 saturated heterocycles. The Hall–Kier alpha value is -5.08. The van der Waals surface area contributed by atoms with Gasteiger partial charge in [-0.3, -0.25) is 9.89 Å². The van der Waals surface area contributed by atoms with Crippen LogP contribution in [0.2, 0.25) is 0 Å². The van der Waals surface area contributed by atoms with Crippen molar-refractivity contribution < 1.29 is 20.1 Å². The lowest BCUT2D eigenvalue weighted by molar-refractivity contribution is -0.125. The number of nitrogens with zero attached hydrogens (tertiary/aromatic N) is 3. The Morgan fingerprint density at radius 1 is 0.736 bits per heavy atom. The van der Waals surface area contributed by atoms with Crippen LogP contribution in [0.5, 0.6) is 11.9 Å².